The van der Waals surface area contributed by atoms with Gasteiger partial charge in [0.1, 0.15) is 5.69 Å². The fourth-order valence-electron chi connectivity index (χ4n) is 3.57. The minimum Gasteiger partial charge on any atom is -0.493 e. The van der Waals surface area contributed by atoms with E-state index in [2.05, 4.69) is 20.5 Å². The van der Waals surface area contributed by atoms with E-state index < -0.39 is 0 Å². The molecule has 0 radical (unpaired) electrons. The van der Waals surface area contributed by atoms with Gasteiger partial charge in [0.2, 0.25) is 5.95 Å². The highest BCUT2D eigenvalue weighted by Gasteiger charge is 2.14. The van der Waals surface area contributed by atoms with Crippen LogP contribution in [0.5, 0.6) is 11.5 Å². The van der Waals surface area contributed by atoms with Gasteiger partial charge in [-0.3, -0.25) is 0 Å². The highest BCUT2D eigenvalue weighted by Crippen LogP contribution is 2.33. The molecule has 2 N–H and O–H groups in total. The Hall–Kier alpha value is -4.59. The molecule has 33 heavy (non-hydrogen) atoms. The second-order valence-corrected chi connectivity index (χ2v) is 7.26. The normalized spacial score (nSPS) is 11.2. The molecule has 0 bridgehead atoms. The van der Waals surface area contributed by atoms with Crippen LogP contribution in [0, 0.1) is 0 Å². The molecule has 0 atom stereocenters. The largest absolute Gasteiger partial charge is 0.493 e. The average molecular weight is 438 g/mol. The van der Waals surface area contributed by atoms with Crippen LogP contribution in [-0.4, -0.2) is 40.2 Å². The Labute approximate surface area is 190 Å². The molecule has 3 aromatic carbocycles. The van der Waals surface area contributed by atoms with Crippen molar-refractivity contribution in [2.45, 2.75) is 0 Å². The van der Waals surface area contributed by atoms with Crippen LogP contribution < -0.4 is 14.9 Å². The third-order valence-corrected chi connectivity index (χ3v) is 5.18. The molecule has 2 heterocycles. The van der Waals surface area contributed by atoms with Gasteiger partial charge in [-0.05, 0) is 42.5 Å². The van der Waals surface area contributed by atoms with E-state index in [-0.39, 0.29) is 0 Å². The third kappa shape index (κ3) is 4.14. The van der Waals surface area contributed by atoms with Gasteiger partial charge in [0.05, 0.1) is 37.2 Å². The number of aromatic nitrogens is 4. The predicted octanol–water partition coefficient (Wildman–Crippen LogP) is 4.88. The first kappa shape index (κ1) is 20.3. The van der Waals surface area contributed by atoms with E-state index in [4.69, 9.17) is 14.6 Å². The lowest BCUT2D eigenvalue weighted by molar-refractivity contribution is 0.355. The minimum atomic E-state index is 0.565. The molecular weight excluding hydrogens is 416 g/mol. The number of aromatic amines is 1. The molecule has 0 aliphatic rings. The van der Waals surface area contributed by atoms with E-state index in [1.807, 2.05) is 83.7 Å². The molecule has 0 aliphatic heterocycles. The quantitative estimate of drug-likeness (QED) is 0.279. The van der Waals surface area contributed by atoms with Crippen LogP contribution in [0.25, 0.3) is 28.0 Å². The highest BCUT2D eigenvalue weighted by molar-refractivity contribution is 5.89. The number of fused-ring (bicyclic) bond motifs is 1. The Bertz CT molecular complexity index is 1390. The Kier molecular flexibility index (Phi) is 5.47. The van der Waals surface area contributed by atoms with Crippen LogP contribution in [0.2, 0.25) is 0 Å². The zero-order chi connectivity index (χ0) is 22.6. The van der Waals surface area contributed by atoms with E-state index in [9.17, 15) is 0 Å². The number of methoxy groups -OCH3 is 2. The maximum atomic E-state index is 5.48. The number of hydrogen-bond donors (Lipinski definition) is 2. The summed E-state index contributed by atoms with van der Waals surface area (Å²) < 4.78 is 12.7. The first-order chi connectivity index (χ1) is 16.2. The van der Waals surface area contributed by atoms with Crippen LogP contribution in [0.4, 0.5) is 5.95 Å². The molecule has 0 spiro atoms. The number of imidazole rings is 1. The Morgan fingerprint density at radius 3 is 2.52 bits per heavy atom. The fourth-order valence-corrected chi connectivity index (χ4v) is 3.57. The molecule has 8 nitrogen and oxygen atoms in total. The monoisotopic (exact) mass is 438 g/mol. The van der Waals surface area contributed by atoms with Gasteiger partial charge in [-0.1, -0.05) is 30.3 Å². The van der Waals surface area contributed by atoms with Crippen LogP contribution in [0.3, 0.4) is 0 Å². The number of hydrogen-bond acceptors (Lipinski definition) is 6. The molecule has 5 rings (SSSR count). The summed E-state index contributed by atoms with van der Waals surface area (Å²) in [4.78, 5) is 7.69. The zero-order valence-corrected chi connectivity index (χ0v) is 18.2. The van der Waals surface area contributed by atoms with Crippen molar-refractivity contribution in [3.63, 3.8) is 0 Å². The lowest BCUT2D eigenvalue weighted by Gasteiger charge is -2.09. The van der Waals surface area contributed by atoms with E-state index >= 15 is 0 Å². The van der Waals surface area contributed by atoms with Crippen LogP contribution >= 0.6 is 0 Å². The molecular formula is C25H22N6O2. The van der Waals surface area contributed by atoms with Crippen LogP contribution in [-0.2, 0) is 0 Å². The number of H-pyrrole nitrogens is 1. The average Bonchev–Trinajstić information content (AvgIpc) is 3.48. The van der Waals surface area contributed by atoms with E-state index in [0.717, 1.165) is 33.5 Å². The van der Waals surface area contributed by atoms with Crippen LogP contribution in [0.15, 0.2) is 84.1 Å². The summed E-state index contributed by atoms with van der Waals surface area (Å²) in [7, 11) is 3.23. The van der Waals surface area contributed by atoms with Crippen molar-refractivity contribution in [2.24, 2.45) is 5.10 Å². The molecule has 8 heteroatoms. The van der Waals surface area contributed by atoms with Gasteiger partial charge in [-0.2, -0.15) is 10.2 Å². The number of nitrogens with zero attached hydrogens (tertiary/aromatic N) is 4. The Morgan fingerprint density at radius 2 is 1.73 bits per heavy atom. The van der Waals surface area contributed by atoms with Gasteiger partial charge in [-0.15, -0.1) is 0 Å². The molecule has 2 aromatic heterocycles. The summed E-state index contributed by atoms with van der Waals surface area (Å²) in [6, 6.07) is 23.5. The second-order valence-electron chi connectivity index (χ2n) is 7.26. The summed E-state index contributed by atoms with van der Waals surface area (Å²) in [6.07, 6.45) is 3.66. The number of para-hydroxylation sites is 3. The van der Waals surface area contributed by atoms with Crippen molar-refractivity contribution >= 4 is 23.2 Å². The fraction of sp³-hybridized carbons (Fsp3) is 0.0800. The summed E-state index contributed by atoms with van der Waals surface area (Å²) in [5.74, 6) is 1.86. The molecule has 0 fully saturated rings. The SMILES string of the molecule is COc1ccc(-c2nn(-c3ccccc3)cc2C=NNc2nc3ccccc3[nH]2)cc1OC. The maximum Gasteiger partial charge on any atom is 0.222 e. The third-order valence-electron chi connectivity index (χ3n) is 5.18. The second kappa shape index (κ2) is 8.88. The highest BCUT2D eigenvalue weighted by atomic mass is 16.5. The molecule has 0 saturated carbocycles. The van der Waals surface area contributed by atoms with Gasteiger partial charge in [-0.25, -0.2) is 15.1 Å². The van der Waals surface area contributed by atoms with Crippen LogP contribution in [0.1, 0.15) is 5.56 Å². The van der Waals surface area contributed by atoms with Crippen molar-refractivity contribution in [3.05, 3.63) is 84.6 Å². The van der Waals surface area contributed by atoms with Crippen molar-refractivity contribution in [1.82, 2.24) is 19.7 Å². The molecule has 0 aliphatic carbocycles. The molecule has 0 amide bonds. The van der Waals surface area contributed by atoms with Crippen molar-refractivity contribution in [2.75, 3.05) is 19.6 Å². The Balaban J connectivity index is 1.51. The van der Waals surface area contributed by atoms with Gasteiger partial charge in [0.25, 0.3) is 0 Å². The smallest absolute Gasteiger partial charge is 0.222 e. The first-order valence-corrected chi connectivity index (χ1v) is 10.4. The summed E-state index contributed by atoms with van der Waals surface area (Å²) in [6.45, 7) is 0. The molecule has 0 unspecified atom stereocenters. The van der Waals surface area contributed by atoms with Crippen molar-refractivity contribution in [3.8, 4) is 28.4 Å². The zero-order valence-electron chi connectivity index (χ0n) is 18.2. The molecule has 0 saturated heterocycles. The van der Waals surface area contributed by atoms with E-state index in [0.29, 0.717) is 17.4 Å². The van der Waals surface area contributed by atoms with Gasteiger partial charge in [0, 0.05) is 17.3 Å². The lowest BCUT2D eigenvalue weighted by atomic mass is 10.1. The Morgan fingerprint density at radius 1 is 0.939 bits per heavy atom. The predicted molar refractivity (Wildman–Crippen MR) is 129 cm³/mol. The number of rotatable bonds is 7. The van der Waals surface area contributed by atoms with E-state index in [1.54, 1.807) is 20.4 Å². The van der Waals surface area contributed by atoms with Gasteiger partial charge >= 0.3 is 0 Å². The topological polar surface area (TPSA) is 89.4 Å². The summed E-state index contributed by atoms with van der Waals surface area (Å²) >= 11 is 0. The molecule has 164 valence electrons. The standard InChI is InChI=1S/C25H22N6O2/c1-32-22-13-12-17(14-23(22)33-2)24-18(16-31(30-24)19-8-4-3-5-9-19)15-26-29-25-27-20-10-6-7-11-21(20)28-25/h3-16H,1-2H3,(H2,27,28,29). The van der Waals surface area contributed by atoms with Crippen molar-refractivity contribution in [1.29, 1.82) is 0 Å². The summed E-state index contributed by atoms with van der Waals surface area (Å²) in [5, 5.41) is 9.22. The number of ether oxygens (including phenoxy) is 2. The van der Waals surface area contributed by atoms with Crippen molar-refractivity contribution < 1.29 is 9.47 Å². The molecule has 5 aromatic rings. The number of nitrogens with one attached hydrogen (secondary N) is 2. The number of hydrazone groups is 1. The van der Waals surface area contributed by atoms with E-state index in [1.165, 1.54) is 0 Å². The van der Waals surface area contributed by atoms with Gasteiger partial charge < -0.3 is 14.5 Å². The number of benzene rings is 3. The lowest BCUT2D eigenvalue weighted by Crippen LogP contribution is -1.95. The minimum absolute atomic E-state index is 0.565. The number of anilines is 1. The first-order valence-electron chi connectivity index (χ1n) is 10.4. The van der Waals surface area contributed by atoms with Gasteiger partial charge in [0.15, 0.2) is 11.5 Å². The summed E-state index contributed by atoms with van der Waals surface area (Å²) in [5.41, 5.74) is 8.21. The maximum absolute atomic E-state index is 5.48.